The van der Waals surface area contributed by atoms with Crippen LogP contribution in [0.25, 0.3) is 0 Å². The van der Waals surface area contributed by atoms with Crippen molar-refractivity contribution >= 4 is 23.5 Å². The maximum Gasteiger partial charge on any atom is 0.272 e. The van der Waals surface area contributed by atoms with Gasteiger partial charge in [0, 0.05) is 13.1 Å². The first-order valence-electron chi connectivity index (χ1n) is 7.84. The average molecular weight is 325 g/mol. The number of aliphatic hydroxyl groups is 1. The van der Waals surface area contributed by atoms with Crippen molar-refractivity contribution in [3.05, 3.63) is 16.9 Å². The Morgan fingerprint density at radius 3 is 2.64 bits per heavy atom. The molecule has 6 nitrogen and oxygen atoms in total. The summed E-state index contributed by atoms with van der Waals surface area (Å²) in [4.78, 5) is 23.2. The van der Waals surface area contributed by atoms with Gasteiger partial charge in [0.05, 0.1) is 23.4 Å². The quantitative estimate of drug-likeness (QED) is 0.882. The van der Waals surface area contributed by atoms with E-state index in [0.717, 1.165) is 51.6 Å². The topological polar surface area (TPSA) is 78.3 Å². The highest BCUT2D eigenvalue weighted by molar-refractivity contribution is 6.33. The van der Waals surface area contributed by atoms with Crippen LogP contribution >= 0.6 is 11.6 Å². The van der Waals surface area contributed by atoms with Crippen LogP contribution in [0.1, 0.15) is 49.0 Å². The van der Waals surface area contributed by atoms with E-state index in [-0.39, 0.29) is 23.2 Å². The highest BCUT2D eigenvalue weighted by Gasteiger charge is 2.35. The fourth-order valence-corrected chi connectivity index (χ4v) is 3.44. The number of halogens is 1. The molecule has 1 aromatic rings. The monoisotopic (exact) mass is 324 g/mol. The van der Waals surface area contributed by atoms with Crippen molar-refractivity contribution in [3.8, 4) is 0 Å². The van der Waals surface area contributed by atoms with Gasteiger partial charge in [-0.05, 0) is 25.7 Å². The zero-order valence-electron chi connectivity index (χ0n) is 12.5. The lowest BCUT2D eigenvalue weighted by Crippen LogP contribution is -2.49. The van der Waals surface area contributed by atoms with E-state index in [9.17, 15) is 9.90 Å². The van der Waals surface area contributed by atoms with Gasteiger partial charge in [-0.2, -0.15) is 0 Å². The molecule has 120 valence electrons. The minimum absolute atomic E-state index is 0.0551. The van der Waals surface area contributed by atoms with Crippen molar-refractivity contribution < 1.29 is 9.90 Å². The van der Waals surface area contributed by atoms with Crippen molar-refractivity contribution in [2.24, 2.45) is 0 Å². The summed E-state index contributed by atoms with van der Waals surface area (Å²) in [6, 6.07) is 0. The molecular formula is C15H21ClN4O2. The van der Waals surface area contributed by atoms with Crippen LogP contribution in [0.4, 0.5) is 5.95 Å². The normalized spacial score (nSPS) is 20.4. The first kappa shape index (κ1) is 15.5. The smallest absolute Gasteiger partial charge is 0.272 e. The standard InChI is InChI=1S/C15H21ClN4O2/c16-11-9-17-14(20-7-3-4-8-20)18-12(11)13(22)19-15(10-21)5-1-2-6-15/h9,21H,1-8,10H2,(H,19,22). The number of aromatic nitrogens is 2. The fourth-order valence-electron chi connectivity index (χ4n) is 3.26. The van der Waals surface area contributed by atoms with Gasteiger partial charge in [-0.1, -0.05) is 24.4 Å². The van der Waals surface area contributed by atoms with E-state index in [0.29, 0.717) is 5.95 Å². The molecule has 0 atom stereocenters. The number of nitrogens with zero attached hydrogens (tertiary/aromatic N) is 3. The number of anilines is 1. The molecular weight excluding hydrogens is 304 g/mol. The van der Waals surface area contributed by atoms with E-state index in [4.69, 9.17) is 11.6 Å². The molecule has 1 saturated heterocycles. The van der Waals surface area contributed by atoms with Crippen molar-refractivity contribution in [1.29, 1.82) is 0 Å². The van der Waals surface area contributed by atoms with Gasteiger partial charge in [0.15, 0.2) is 5.69 Å². The Morgan fingerprint density at radius 1 is 1.32 bits per heavy atom. The van der Waals surface area contributed by atoms with Gasteiger partial charge >= 0.3 is 0 Å². The molecule has 1 saturated carbocycles. The molecule has 2 aliphatic rings. The summed E-state index contributed by atoms with van der Waals surface area (Å²) in [6.45, 7) is 1.76. The Bertz CT molecular complexity index is 554. The molecule has 7 heteroatoms. The van der Waals surface area contributed by atoms with E-state index in [2.05, 4.69) is 20.2 Å². The largest absolute Gasteiger partial charge is 0.394 e. The van der Waals surface area contributed by atoms with Gasteiger partial charge in [-0.3, -0.25) is 4.79 Å². The molecule has 2 N–H and O–H groups in total. The molecule has 2 heterocycles. The van der Waals surface area contributed by atoms with Gasteiger partial charge in [0.1, 0.15) is 0 Å². The van der Waals surface area contributed by atoms with Crippen LogP contribution in [0, 0.1) is 0 Å². The first-order valence-corrected chi connectivity index (χ1v) is 8.22. The van der Waals surface area contributed by atoms with Gasteiger partial charge in [-0.15, -0.1) is 0 Å². The molecule has 0 bridgehead atoms. The summed E-state index contributed by atoms with van der Waals surface area (Å²) >= 11 is 6.10. The number of carbonyl (C=O) groups excluding carboxylic acids is 1. The predicted molar refractivity (Wildman–Crippen MR) is 84.2 cm³/mol. The molecule has 0 radical (unpaired) electrons. The number of amides is 1. The van der Waals surface area contributed by atoms with Gasteiger partial charge in [0.2, 0.25) is 5.95 Å². The van der Waals surface area contributed by atoms with E-state index in [1.807, 2.05) is 0 Å². The zero-order chi connectivity index (χ0) is 15.6. The lowest BCUT2D eigenvalue weighted by Gasteiger charge is -2.28. The Balaban J connectivity index is 1.80. The fraction of sp³-hybridized carbons (Fsp3) is 0.667. The van der Waals surface area contributed by atoms with Crippen LogP contribution in [0.5, 0.6) is 0 Å². The Labute approximate surface area is 134 Å². The minimum Gasteiger partial charge on any atom is -0.394 e. The molecule has 1 aliphatic heterocycles. The van der Waals surface area contributed by atoms with E-state index in [1.165, 1.54) is 6.20 Å². The second-order valence-electron chi connectivity index (χ2n) is 6.16. The Hall–Kier alpha value is -1.40. The third-order valence-electron chi connectivity index (χ3n) is 4.58. The van der Waals surface area contributed by atoms with E-state index >= 15 is 0 Å². The second kappa shape index (κ2) is 6.38. The third kappa shape index (κ3) is 3.03. The number of hydrogen-bond acceptors (Lipinski definition) is 5. The van der Waals surface area contributed by atoms with Crippen LogP contribution in [-0.4, -0.2) is 46.2 Å². The van der Waals surface area contributed by atoms with Crippen LogP contribution < -0.4 is 10.2 Å². The SMILES string of the molecule is O=C(NC1(CO)CCCC1)c1nc(N2CCCC2)ncc1Cl. The van der Waals surface area contributed by atoms with Crippen molar-refractivity contribution in [2.45, 2.75) is 44.1 Å². The lowest BCUT2D eigenvalue weighted by molar-refractivity contribution is 0.0833. The minimum atomic E-state index is -0.529. The Kier molecular flexibility index (Phi) is 4.49. The first-order chi connectivity index (χ1) is 10.6. The number of aliphatic hydroxyl groups excluding tert-OH is 1. The highest BCUT2D eigenvalue weighted by atomic mass is 35.5. The summed E-state index contributed by atoms with van der Waals surface area (Å²) in [7, 11) is 0. The second-order valence-corrected chi connectivity index (χ2v) is 6.57. The van der Waals surface area contributed by atoms with Crippen molar-refractivity contribution in [3.63, 3.8) is 0 Å². The molecule has 2 fully saturated rings. The Morgan fingerprint density at radius 2 is 2.00 bits per heavy atom. The third-order valence-corrected chi connectivity index (χ3v) is 4.85. The highest BCUT2D eigenvalue weighted by Crippen LogP contribution is 2.30. The summed E-state index contributed by atoms with van der Waals surface area (Å²) in [5.41, 5.74) is -0.336. The van der Waals surface area contributed by atoms with Gasteiger partial charge in [-0.25, -0.2) is 9.97 Å². The molecule has 1 amide bonds. The maximum absolute atomic E-state index is 12.5. The van der Waals surface area contributed by atoms with Crippen LogP contribution in [0.3, 0.4) is 0 Å². The summed E-state index contributed by atoms with van der Waals surface area (Å²) in [6.07, 6.45) is 7.31. The number of rotatable bonds is 4. The molecule has 0 spiro atoms. The van der Waals surface area contributed by atoms with Gasteiger partial charge < -0.3 is 15.3 Å². The predicted octanol–water partition coefficient (Wildman–Crippen LogP) is 1.77. The zero-order valence-corrected chi connectivity index (χ0v) is 13.3. The summed E-state index contributed by atoms with van der Waals surface area (Å²) in [5, 5.41) is 12.8. The van der Waals surface area contributed by atoms with Crippen molar-refractivity contribution in [2.75, 3.05) is 24.6 Å². The molecule has 1 aromatic heterocycles. The summed E-state index contributed by atoms with van der Waals surface area (Å²) < 4.78 is 0. The maximum atomic E-state index is 12.5. The van der Waals surface area contributed by atoms with Crippen molar-refractivity contribution in [1.82, 2.24) is 15.3 Å². The molecule has 1 aliphatic carbocycles. The van der Waals surface area contributed by atoms with Gasteiger partial charge in [0.25, 0.3) is 5.91 Å². The molecule has 0 unspecified atom stereocenters. The average Bonchev–Trinajstić information content (AvgIpc) is 3.19. The lowest BCUT2D eigenvalue weighted by atomic mass is 9.99. The van der Waals surface area contributed by atoms with E-state index < -0.39 is 5.54 Å². The number of nitrogens with one attached hydrogen (secondary N) is 1. The summed E-state index contributed by atoms with van der Waals surface area (Å²) in [5.74, 6) is 0.223. The van der Waals surface area contributed by atoms with E-state index in [1.54, 1.807) is 0 Å². The van der Waals surface area contributed by atoms with Crippen LogP contribution in [0.2, 0.25) is 5.02 Å². The van der Waals surface area contributed by atoms with Crippen LogP contribution in [0.15, 0.2) is 6.20 Å². The number of hydrogen-bond donors (Lipinski definition) is 2. The number of carbonyl (C=O) groups is 1. The molecule has 0 aromatic carbocycles. The molecule has 3 rings (SSSR count). The van der Waals surface area contributed by atoms with Crippen LogP contribution in [-0.2, 0) is 0 Å². The molecule has 22 heavy (non-hydrogen) atoms.